The molecule has 0 aliphatic carbocycles. The molecular weight excluding hydrogens is 322 g/mol. The number of benzene rings is 1. The number of hydrogen-bond donors (Lipinski definition) is 3. The number of carbonyl (C=O) groups excluding carboxylic acids is 1. The monoisotopic (exact) mass is 341 g/mol. The molecule has 0 radical (unpaired) electrons. The van der Waals surface area contributed by atoms with Gasteiger partial charge in [-0.15, -0.1) is 0 Å². The van der Waals surface area contributed by atoms with Crippen molar-refractivity contribution in [3.05, 3.63) is 57.0 Å². The van der Waals surface area contributed by atoms with E-state index in [1.54, 1.807) is 0 Å². The number of hydrogen-bond acceptors (Lipinski definition) is 4. The second-order valence-electron chi connectivity index (χ2n) is 5.96. The average Bonchev–Trinajstić information content (AvgIpc) is 2.97. The van der Waals surface area contributed by atoms with Crippen molar-refractivity contribution in [3.63, 3.8) is 0 Å². The fourth-order valence-electron chi connectivity index (χ4n) is 2.62. The summed E-state index contributed by atoms with van der Waals surface area (Å²) in [7, 11) is 0. The van der Waals surface area contributed by atoms with Crippen LogP contribution in [0.5, 0.6) is 0 Å². The number of aromatic amines is 2. The predicted octanol–water partition coefficient (Wildman–Crippen LogP) is 1.57. The zero-order valence-electron chi connectivity index (χ0n) is 14.0. The van der Waals surface area contributed by atoms with Gasteiger partial charge in [-0.05, 0) is 30.0 Å². The maximum absolute atomic E-state index is 12.2. The van der Waals surface area contributed by atoms with Crippen LogP contribution in [0.15, 0.2) is 40.2 Å². The average molecular weight is 341 g/mol. The largest absolute Gasteiger partial charge is 0.327 e. The van der Waals surface area contributed by atoms with E-state index in [1.165, 1.54) is 16.5 Å². The molecule has 0 fully saturated rings. The molecule has 0 aliphatic heterocycles. The Morgan fingerprint density at radius 2 is 1.96 bits per heavy atom. The molecule has 130 valence electrons. The van der Waals surface area contributed by atoms with Crippen molar-refractivity contribution in [2.24, 2.45) is 0 Å². The lowest BCUT2D eigenvalue weighted by Gasteiger charge is -2.11. The van der Waals surface area contributed by atoms with Gasteiger partial charge in [0, 0.05) is 5.69 Å². The van der Waals surface area contributed by atoms with E-state index < -0.39 is 11.2 Å². The normalized spacial score (nSPS) is 12.2. The number of amides is 1. The number of H-pyrrole nitrogens is 2. The lowest BCUT2D eigenvalue weighted by atomic mass is 9.99. The standard InChI is InChI=1S/C17H19N5O3/c1-3-10(2)11-4-6-12(7-5-11)19-13(23)8-22-9-18-15-14(22)16(24)21-17(25)20-15/h4-7,9-10H,3,8H2,1-2H3,(H,19,23)(H2,20,21,24,25). The lowest BCUT2D eigenvalue weighted by molar-refractivity contribution is -0.116. The molecule has 2 aromatic heterocycles. The minimum absolute atomic E-state index is 0.0846. The van der Waals surface area contributed by atoms with Gasteiger partial charge in [0.15, 0.2) is 11.2 Å². The van der Waals surface area contributed by atoms with Gasteiger partial charge >= 0.3 is 5.69 Å². The van der Waals surface area contributed by atoms with Crippen molar-refractivity contribution < 1.29 is 4.79 Å². The summed E-state index contributed by atoms with van der Waals surface area (Å²) in [4.78, 5) is 43.8. The number of rotatable bonds is 5. The molecule has 1 amide bonds. The maximum atomic E-state index is 12.2. The number of nitrogens with zero attached hydrogens (tertiary/aromatic N) is 2. The topological polar surface area (TPSA) is 113 Å². The van der Waals surface area contributed by atoms with Crippen LogP contribution in [-0.4, -0.2) is 25.4 Å². The van der Waals surface area contributed by atoms with Crippen molar-refractivity contribution in [2.75, 3.05) is 5.32 Å². The Hall–Kier alpha value is -3.16. The van der Waals surface area contributed by atoms with E-state index >= 15 is 0 Å². The summed E-state index contributed by atoms with van der Waals surface area (Å²) < 4.78 is 1.40. The summed E-state index contributed by atoms with van der Waals surface area (Å²) in [6, 6.07) is 7.70. The van der Waals surface area contributed by atoms with Crippen molar-refractivity contribution >= 4 is 22.8 Å². The molecule has 2 heterocycles. The summed E-state index contributed by atoms with van der Waals surface area (Å²) in [6.07, 6.45) is 2.40. The molecule has 3 aromatic rings. The molecule has 0 saturated heterocycles. The Bertz CT molecular complexity index is 1010. The highest BCUT2D eigenvalue weighted by Crippen LogP contribution is 2.20. The first-order chi connectivity index (χ1) is 12.0. The summed E-state index contributed by atoms with van der Waals surface area (Å²) in [5.74, 6) is 0.178. The number of nitrogens with one attached hydrogen (secondary N) is 3. The SMILES string of the molecule is CCC(C)c1ccc(NC(=O)Cn2cnc3[nH]c(=O)[nH]c(=O)c32)cc1. The smallest absolute Gasteiger partial charge is 0.325 e. The van der Waals surface area contributed by atoms with Gasteiger partial charge in [-0.3, -0.25) is 19.6 Å². The minimum Gasteiger partial charge on any atom is -0.325 e. The highest BCUT2D eigenvalue weighted by Gasteiger charge is 2.12. The third-order valence-corrected chi connectivity index (χ3v) is 4.20. The van der Waals surface area contributed by atoms with Crippen LogP contribution >= 0.6 is 0 Å². The number of imidazole rings is 1. The van der Waals surface area contributed by atoms with E-state index in [4.69, 9.17) is 0 Å². The van der Waals surface area contributed by atoms with E-state index in [2.05, 4.69) is 34.1 Å². The van der Waals surface area contributed by atoms with Crippen molar-refractivity contribution in [3.8, 4) is 0 Å². The first kappa shape index (κ1) is 16.7. The second-order valence-corrected chi connectivity index (χ2v) is 5.96. The van der Waals surface area contributed by atoms with Gasteiger partial charge in [-0.2, -0.15) is 0 Å². The van der Waals surface area contributed by atoms with Gasteiger partial charge in [0.25, 0.3) is 5.56 Å². The van der Waals surface area contributed by atoms with E-state index in [-0.39, 0.29) is 23.6 Å². The molecule has 1 unspecified atom stereocenters. The molecule has 0 bridgehead atoms. The third-order valence-electron chi connectivity index (χ3n) is 4.20. The number of aromatic nitrogens is 4. The fraction of sp³-hybridized carbons (Fsp3) is 0.294. The van der Waals surface area contributed by atoms with E-state index in [0.717, 1.165) is 6.42 Å². The van der Waals surface area contributed by atoms with Gasteiger partial charge in [0.2, 0.25) is 5.91 Å². The number of fused-ring (bicyclic) bond motifs is 1. The molecule has 3 N–H and O–H groups in total. The van der Waals surface area contributed by atoms with Crippen LogP contribution in [0.1, 0.15) is 31.7 Å². The quantitative estimate of drug-likeness (QED) is 0.653. The maximum Gasteiger partial charge on any atom is 0.327 e. The van der Waals surface area contributed by atoms with Crippen LogP contribution in [0.25, 0.3) is 11.2 Å². The molecule has 0 saturated carbocycles. The summed E-state index contributed by atoms with van der Waals surface area (Å²) >= 11 is 0. The Morgan fingerprint density at radius 1 is 1.24 bits per heavy atom. The first-order valence-electron chi connectivity index (χ1n) is 8.05. The highest BCUT2D eigenvalue weighted by atomic mass is 16.2. The van der Waals surface area contributed by atoms with Gasteiger partial charge in [0.1, 0.15) is 6.54 Å². The molecule has 3 rings (SSSR count). The first-order valence-corrected chi connectivity index (χ1v) is 8.05. The van der Waals surface area contributed by atoms with Crippen LogP contribution in [0, 0.1) is 0 Å². The molecule has 1 atom stereocenters. The van der Waals surface area contributed by atoms with Crippen molar-refractivity contribution in [2.45, 2.75) is 32.7 Å². The molecule has 1 aromatic carbocycles. The third kappa shape index (κ3) is 3.52. The predicted molar refractivity (Wildman–Crippen MR) is 94.8 cm³/mol. The summed E-state index contributed by atoms with van der Waals surface area (Å²) in [5, 5.41) is 2.79. The molecule has 8 nitrogen and oxygen atoms in total. The van der Waals surface area contributed by atoms with E-state index in [0.29, 0.717) is 11.6 Å². The van der Waals surface area contributed by atoms with Gasteiger partial charge in [0.05, 0.1) is 6.33 Å². The van der Waals surface area contributed by atoms with Gasteiger partial charge in [-0.25, -0.2) is 9.78 Å². The molecule has 0 aliphatic rings. The molecule has 8 heteroatoms. The number of carbonyl (C=O) groups is 1. The van der Waals surface area contributed by atoms with E-state index in [9.17, 15) is 14.4 Å². The Morgan fingerprint density at radius 3 is 2.64 bits per heavy atom. The van der Waals surface area contributed by atoms with Crippen LogP contribution < -0.4 is 16.6 Å². The van der Waals surface area contributed by atoms with Gasteiger partial charge in [-0.1, -0.05) is 26.0 Å². The Kier molecular flexibility index (Phi) is 4.51. The van der Waals surface area contributed by atoms with Gasteiger partial charge < -0.3 is 9.88 Å². The van der Waals surface area contributed by atoms with Crippen molar-refractivity contribution in [1.82, 2.24) is 19.5 Å². The lowest BCUT2D eigenvalue weighted by Crippen LogP contribution is -2.25. The zero-order chi connectivity index (χ0) is 18.0. The highest BCUT2D eigenvalue weighted by molar-refractivity contribution is 5.91. The van der Waals surface area contributed by atoms with Crippen molar-refractivity contribution in [1.29, 1.82) is 0 Å². The van der Waals surface area contributed by atoms with Crippen LogP contribution in [-0.2, 0) is 11.3 Å². The Balaban J connectivity index is 1.75. The van der Waals surface area contributed by atoms with Crippen LogP contribution in [0.3, 0.4) is 0 Å². The summed E-state index contributed by atoms with van der Waals surface area (Å²) in [5.41, 5.74) is 0.997. The fourth-order valence-corrected chi connectivity index (χ4v) is 2.62. The molecule has 25 heavy (non-hydrogen) atoms. The Labute approximate surface area is 142 Å². The number of anilines is 1. The molecular formula is C17H19N5O3. The summed E-state index contributed by atoms with van der Waals surface area (Å²) in [6.45, 7) is 4.20. The minimum atomic E-state index is -0.631. The van der Waals surface area contributed by atoms with E-state index in [1.807, 2.05) is 24.3 Å². The van der Waals surface area contributed by atoms with Crippen LogP contribution in [0.4, 0.5) is 5.69 Å². The van der Waals surface area contributed by atoms with Crippen LogP contribution in [0.2, 0.25) is 0 Å². The zero-order valence-corrected chi connectivity index (χ0v) is 14.0. The molecule has 0 spiro atoms. The second kappa shape index (κ2) is 6.76.